The summed E-state index contributed by atoms with van der Waals surface area (Å²) in [6.45, 7) is 1.72. The molecule has 2 nitrogen and oxygen atoms in total. The van der Waals surface area contributed by atoms with Gasteiger partial charge in [0.2, 0.25) is 0 Å². The maximum Gasteiger partial charge on any atom is 0.185 e. The molecule has 0 unspecified atom stereocenters. The monoisotopic (exact) mass is 287 g/mol. The van der Waals surface area contributed by atoms with Crippen LogP contribution in [0.2, 0.25) is 15.1 Å². The Bertz CT molecular complexity index is 611. The van der Waals surface area contributed by atoms with Gasteiger partial charge in [-0.3, -0.25) is 4.79 Å². The molecule has 0 aliphatic rings. The number of hydrogen-bond acceptors (Lipinski definition) is 1. The van der Waals surface area contributed by atoms with Crippen molar-refractivity contribution in [3.8, 4) is 11.3 Å². The van der Waals surface area contributed by atoms with Crippen LogP contribution in [0, 0.1) is 6.92 Å². The van der Waals surface area contributed by atoms with Crippen molar-refractivity contribution in [1.82, 2.24) is 4.98 Å². The second-order valence-electron chi connectivity index (χ2n) is 3.59. The van der Waals surface area contributed by atoms with Crippen LogP contribution in [0.15, 0.2) is 29.2 Å². The van der Waals surface area contributed by atoms with Crippen molar-refractivity contribution in [2.24, 2.45) is 0 Å². The van der Waals surface area contributed by atoms with Crippen LogP contribution in [0.4, 0.5) is 0 Å². The summed E-state index contributed by atoms with van der Waals surface area (Å²) in [7, 11) is 0. The van der Waals surface area contributed by atoms with Gasteiger partial charge in [-0.15, -0.1) is 0 Å². The van der Waals surface area contributed by atoms with Crippen molar-refractivity contribution in [2.75, 3.05) is 0 Å². The number of rotatable bonds is 1. The molecule has 5 heteroatoms. The van der Waals surface area contributed by atoms with E-state index in [1.807, 2.05) is 0 Å². The molecular weight excluding hydrogens is 280 g/mol. The predicted octanol–water partition coefficient (Wildman–Crippen LogP) is 4.31. The molecule has 2 rings (SSSR count). The normalized spacial score (nSPS) is 10.6. The standard InChI is InChI=1S/C12H8Cl3NO/c1-6-10(17)2-3-16-12(6)11-8(14)4-7(13)5-9(11)15/h2-5H,1H3,(H,16,17). The molecule has 0 radical (unpaired) electrons. The van der Waals surface area contributed by atoms with E-state index in [0.29, 0.717) is 31.9 Å². The average Bonchev–Trinajstić information content (AvgIpc) is 2.23. The summed E-state index contributed by atoms with van der Waals surface area (Å²) in [6.07, 6.45) is 1.56. The second-order valence-corrected chi connectivity index (χ2v) is 4.84. The molecule has 0 amide bonds. The second kappa shape index (κ2) is 4.73. The summed E-state index contributed by atoms with van der Waals surface area (Å²) >= 11 is 18.0. The third-order valence-corrected chi connectivity index (χ3v) is 3.28. The van der Waals surface area contributed by atoms with Crippen molar-refractivity contribution in [3.05, 3.63) is 55.3 Å². The Morgan fingerprint density at radius 3 is 2.29 bits per heavy atom. The molecular formula is C12H8Cl3NO. The number of pyridine rings is 1. The van der Waals surface area contributed by atoms with Crippen molar-refractivity contribution < 1.29 is 0 Å². The lowest BCUT2D eigenvalue weighted by atomic mass is 10.1. The van der Waals surface area contributed by atoms with Crippen LogP contribution in [0.1, 0.15) is 5.56 Å². The van der Waals surface area contributed by atoms with Crippen LogP contribution in [0.3, 0.4) is 0 Å². The summed E-state index contributed by atoms with van der Waals surface area (Å²) in [5.41, 5.74) is 1.71. The first-order chi connectivity index (χ1) is 8.00. The van der Waals surface area contributed by atoms with Crippen molar-refractivity contribution in [1.29, 1.82) is 0 Å². The molecule has 2 aromatic rings. The third kappa shape index (κ3) is 2.34. The van der Waals surface area contributed by atoms with Gasteiger partial charge in [0, 0.05) is 28.4 Å². The van der Waals surface area contributed by atoms with E-state index in [-0.39, 0.29) is 5.43 Å². The molecule has 1 heterocycles. The first-order valence-corrected chi connectivity index (χ1v) is 5.97. The Balaban J connectivity index is 2.77. The molecule has 0 saturated carbocycles. The van der Waals surface area contributed by atoms with Gasteiger partial charge in [0.25, 0.3) is 0 Å². The number of H-pyrrole nitrogens is 1. The summed E-state index contributed by atoms with van der Waals surface area (Å²) < 4.78 is 0. The van der Waals surface area contributed by atoms with E-state index >= 15 is 0 Å². The first-order valence-electron chi connectivity index (χ1n) is 4.84. The quantitative estimate of drug-likeness (QED) is 0.833. The van der Waals surface area contributed by atoms with E-state index in [1.165, 1.54) is 6.07 Å². The van der Waals surface area contributed by atoms with Gasteiger partial charge >= 0.3 is 0 Å². The van der Waals surface area contributed by atoms with Crippen LogP contribution in [-0.4, -0.2) is 4.98 Å². The smallest absolute Gasteiger partial charge is 0.185 e. The summed E-state index contributed by atoms with van der Waals surface area (Å²) in [5.74, 6) is 0. The number of benzene rings is 1. The lowest BCUT2D eigenvalue weighted by Crippen LogP contribution is -2.06. The number of hydrogen-bond donors (Lipinski definition) is 1. The highest BCUT2D eigenvalue weighted by Crippen LogP contribution is 2.36. The van der Waals surface area contributed by atoms with Crippen LogP contribution < -0.4 is 5.43 Å². The molecule has 1 aromatic heterocycles. The fraction of sp³-hybridized carbons (Fsp3) is 0.0833. The number of halogens is 3. The zero-order chi connectivity index (χ0) is 12.6. The van der Waals surface area contributed by atoms with Crippen LogP contribution >= 0.6 is 34.8 Å². The Kier molecular flexibility index (Phi) is 3.48. The fourth-order valence-electron chi connectivity index (χ4n) is 1.60. The highest BCUT2D eigenvalue weighted by atomic mass is 35.5. The lowest BCUT2D eigenvalue weighted by molar-refractivity contribution is 1.24. The molecule has 0 aliphatic carbocycles. The van der Waals surface area contributed by atoms with Crippen LogP contribution in [0.25, 0.3) is 11.3 Å². The molecule has 0 saturated heterocycles. The van der Waals surface area contributed by atoms with E-state index < -0.39 is 0 Å². The van der Waals surface area contributed by atoms with Crippen molar-refractivity contribution >= 4 is 34.8 Å². The van der Waals surface area contributed by atoms with Gasteiger partial charge in [-0.1, -0.05) is 34.8 Å². The Morgan fingerprint density at radius 2 is 1.71 bits per heavy atom. The maximum atomic E-state index is 11.6. The van der Waals surface area contributed by atoms with Crippen molar-refractivity contribution in [3.63, 3.8) is 0 Å². The molecule has 0 bridgehead atoms. The Hall–Kier alpha value is -0.960. The average molecular weight is 289 g/mol. The maximum absolute atomic E-state index is 11.6. The number of nitrogens with one attached hydrogen (secondary N) is 1. The zero-order valence-electron chi connectivity index (χ0n) is 8.85. The molecule has 1 aromatic carbocycles. The van der Waals surface area contributed by atoms with Gasteiger partial charge in [0.1, 0.15) is 0 Å². The SMILES string of the molecule is Cc1c(-c2c(Cl)cc(Cl)cc2Cl)[nH]ccc1=O. The molecule has 0 fully saturated rings. The molecule has 17 heavy (non-hydrogen) atoms. The summed E-state index contributed by atoms with van der Waals surface area (Å²) in [5, 5.41) is 1.28. The Labute approximate surface area is 113 Å². The zero-order valence-corrected chi connectivity index (χ0v) is 11.1. The predicted molar refractivity (Wildman–Crippen MR) is 72.3 cm³/mol. The van der Waals surface area contributed by atoms with Gasteiger partial charge in [-0.2, -0.15) is 0 Å². The minimum Gasteiger partial charge on any atom is -0.361 e. The third-order valence-electron chi connectivity index (χ3n) is 2.46. The fourth-order valence-corrected chi connectivity index (χ4v) is 2.60. The summed E-state index contributed by atoms with van der Waals surface area (Å²) in [6, 6.07) is 4.64. The number of aromatic nitrogens is 1. The molecule has 0 aliphatic heterocycles. The molecule has 88 valence electrons. The molecule has 0 spiro atoms. The van der Waals surface area contributed by atoms with E-state index in [1.54, 1.807) is 25.3 Å². The minimum absolute atomic E-state index is 0.0687. The van der Waals surface area contributed by atoms with Crippen molar-refractivity contribution in [2.45, 2.75) is 6.92 Å². The van der Waals surface area contributed by atoms with Crippen LogP contribution in [-0.2, 0) is 0 Å². The van der Waals surface area contributed by atoms with E-state index in [9.17, 15) is 4.79 Å². The van der Waals surface area contributed by atoms with Gasteiger partial charge < -0.3 is 4.98 Å². The van der Waals surface area contributed by atoms with Gasteiger partial charge in [-0.05, 0) is 19.1 Å². The minimum atomic E-state index is -0.0687. The van der Waals surface area contributed by atoms with E-state index in [4.69, 9.17) is 34.8 Å². The Morgan fingerprint density at radius 1 is 1.12 bits per heavy atom. The summed E-state index contributed by atoms with van der Waals surface area (Å²) in [4.78, 5) is 14.6. The molecule has 0 atom stereocenters. The highest BCUT2D eigenvalue weighted by molar-refractivity contribution is 6.41. The largest absolute Gasteiger partial charge is 0.361 e. The van der Waals surface area contributed by atoms with Gasteiger partial charge in [0.05, 0.1) is 15.7 Å². The van der Waals surface area contributed by atoms with E-state index in [0.717, 1.165) is 0 Å². The highest BCUT2D eigenvalue weighted by Gasteiger charge is 2.13. The topological polar surface area (TPSA) is 32.9 Å². The van der Waals surface area contributed by atoms with Gasteiger partial charge in [-0.25, -0.2) is 0 Å². The molecule has 1 N–H and O–H groups in total. The van der Waals surface area contributed by atoms with Crippen LogP contribution in [0.5, 0.6) is 0 Å². The first kappa shape index (κ1) is 12.5. The number of aromatic amines is 1. The van der Waals surface area contributed by atoms with E-state index in [2.05, 4.69) is 4.98 Å². The lowest BCUT2D eigenvalue weighted by Gasteiger charge is -2.10. The van der Waals surface area contributed by atoms with Gasteiger partial charge in [0.15, 0.2) is 5.43 Å².